The molecule has 3 aromatic rings. The number of fused-ring (bicyclic) bond motifs is 1. The third-order valence-corrected chi connectivity index (χ3v) is 4.77. The second-order valence-electron chi connectivity index (χ2n) is 6.30. The fourth-order valence-electron chi connectivity index (χ4n) is 2.92. The largest absolute Gasteiger partial charge is 0.505 e. The maximum absolute atomic E-state index is 13.1. The van der Waals surface area contributed by atoms with Crippen LogP contribution in [-0.4, -0.2) is 31.1 Å². The van der Waals surface area contributed by atoms with Gasteiger partial charge in [0, 0.05) is 11.6 Å². The minimum Gasteiger partial charge on any atom is -0.505 e. The van der Waals surface area contributed by atoms with Crippen LogP contribution in [0.5, 0.6) is 5.75 Å². The zero-order chi connectivity index (χ0) is 19.8. The second kappa shape index (κ2) is 6.96. The van der Waals surface area contributed by atoms with Crippen molar-refractivity contribution >= 4 is 32.9 Å². The highest BCUT2D eigenvalue weighted by Crippen LogP contribution is 2.37. The minimum atomic E-state index is -3.62. The van der Waals surface area contributed by atoms with E-state index >= 15 is 0 Å². The SMILES string of the molecule is Cc1c(C=O)c(O)c2ncc(Cc3ccc(F)cc3)cc2c1NS(C)(=O)=O. The van der Waals surface area contributed by atoms with Crippen LogP contribution in [0.15, 0.2) is 36.5 Å². The molecule has 1 aromatic heterocycles. The van der Waals surface area contributed by atoms with Gasteiger partial charge in [-0.05, 0) is 48.2 Å². The number of rotatable bonds is 5. The molecule has 1 heterocycles. The number of sulfonamides is 1. The van der Waals surface area contributed by atoms with Gasteiger partial charge in [-0.2, -0.15) is 0 Å². The number of aromatic hydroxyl groups is 1. The molecule has 0 fully saturated rings. The molecule has 140 valence electrons. The van der Waals surface area contributed by atoms with Gasteiger partial charge in [0.2, 0.25) is 10.0 Å². The van der Waals surface area contributed by atoms with Crippen molar-refractivity contribution in [3.63, 3.8) is 0 Å². The Morgan fingerprint density at radius 3 is 2.48 bits per heavy atom. The van der Waals surface area contributed by atoms with Gasteiger partial charge in [0.1, 0.15) is 11.3 Å². The highest BCUT2D eigenvalue weighted by molar-refractivity contribution is 7.92. The third-order valence-electron chi connectivity index (χ3n) is 4.20. The molecule has 0 radical (unpaired) electrons. The number of aldehydes is 1. The lowest BCUT2D eigenvalue weighted by molar-refractivity contribution is 0.112. The predicted molar refractivity (Wildman–Crippen MR) is 101 cm³/mol. The second-order valence-corrected chi connectivity index (χ2v) is 8.05. The summed E-state index contributed by atoms with van der Waals surface area (Å²) in [7, 11) is -3.62. The molecular formula is C19H17FN2O4S. The molecule has 3 rings (SSSR count). The van der Waals surface area contributed by atoms with Gasteiger partial charge in [0.05, 0.1) is 17.5 Å². The number of carbonyl (C=O) groups excluding carboxylic acids is 1. The van der Waals surface area contributed by atoms with Gasteiger partial charge in [0.25, 0.3) is 0 Å². The summed E-state index contributed by atoms with van der Waals surface area (Å²) in [6.45, 7) is 1.54. The van der Waals surface area contributed by atoms with Crippen molar-refractivity contribution in [3.8, 4) is 5.75 Å². The molecule has 0 amide bonds. The molecule has 27 heavy (non-hydrogen) atoms. The van der Waals surface area contributed by atoms with E-state index in [0.717, 1.165) is 17.4 Å². The maximum atomic E-state index is 13.1. The number of nitrogens with one attached hydrogen (secondary N) is 1. The van der Waals surface area contributed by atoms with Crippen molar-refractivity contribution in [2.75, 3.05) is 11.0 Å². The smallest absolute Gasteiger partial charge is 0.229 e. The summed E-state index contributed by atoms with van der Waals surface area (Å²) >= 11 is 0. The van der Waals surface area contributed by atoms with Gasteiger partial charge >= 0.3 is 0 Å². The number of pyridine rings is 1. The van der Waals surface area contributed by atoms with E-state index in [1.54, 1.807) is 25.1 Å². The van der Waals surface area contributed by atoms with E-state index in [1.807, 2.05) is 0 Å². The highest BCUT2D eigenvalue weighted by atomic mass is 32.2. The Kier molecular flexibility index (Phi) is 4.84. The molecule has 0 aliphatic rings. The van der Waals surface area contributed by atoms with Crippen molar-refractivity contribution in [2.45, 2.75) is 13.3 Å². The molecule has 2 N–H and O–H groups in total. The number of halogens is 1. The number of hydrogen-bond donors (Lipinski definition) is 2. The van der Waals surface area contributed by atoms with E-state index in [2.05, 4.69) is 9.71 Å². The van der Waals surface area contributed by atoms with Crippen LogP contribution in [0.4, 0.5) is 10.1 Å². The van der Waals surface area contributed by atoms with Crippen LogP contribution in [0.2, 0.25) is 0 Å². The number of phenols is 1. The third kappa shape index (κ3) is 3.90. The Balaban J connectivity index is 2.19. The van der Waals surface area contributed by atoms with Crippen LogP contribution in [0.1, 0.15) is 27.0 Å². The van der Waals surface area contributed by atoms with E-state index in [1.165, 1.54) is 18.3 Å². The van der Waals surface area contributed by atoms with Crippen LogP contribution in [0, 0.1) is 12.7 Å². The van der Waals surface area contributed by atoms with Gasteiger partial charge in [0.15, 0.2) is 12.0 Å². The zero-order valence-electron chi connectivity index (χ0n) is 14.7. The molecule has 0 atom stereocenters. The molecule has 0 saturated carbocycles. The maximum Gasteiger partial charge on any atom is 0.229 e. The summed E-state index contributed by atoms with van der Waals surface area (Å²) in [5.74, 6) is -0.637. The average molecular weight is 388 g/mol. The molecule has 0 bridgehead atoms. The average Bonchev–Trinajstić information content (AvgIpc) is 2.60. The van der Waals surface area contributed by atoms with E-state index < -0.39 is 10.0 Å². The Morgan fingerprint density at radius 1 is 1.22 bits per heavy atom. The molecule has 8 heteroatoms. The van der Waals surface area contributed by atoms with Gasteiger partial charge in [-0.15, -0.1) is 0 Å². The fourth-order valence-corrected chi connectivity index (χ4v) is 3.56. The number of aromatic nitrogens is 1. The van der Waals surface area contributed by atoms with E-state index in [0.29, 0.717) is 23.7 Å². The Morgan fingerprint density at radius 2 is 1.89 bits per heavy atom. The zero-order valence-corrected chi connectivity index (χ0v) is 15.5. The standard InChI is InChI=1S/C19H17FN2O4S/c1-11-16(10-23)19(24)18-15(17(11)22-27(2,25)26)8-13(9-21-18)7-12-3-5-14(20)6-4-12/h3-6,8-10,22,24H,7H2,1-2H3. The van der Waals surface area contributed by atoms with Crippen LogP contribution in [0.25, 0.3) is 10.9 Å². The van der Waals surface area contributed by atoms with Crippen LogP contribution >= 0.6 is 0 Å². The lowest BCUT2D eigenvalue weighted by atomic mass is 9.99. The molecule has 0 aliphatic heterocycles. The van der Waals surface area contributed by atoms with Crippen molar-refractivity contribution in [1.29, 1.82) is 0 Å². The minimum absolute atomic E-state index is 0.0209. The van der Waals surface area contributed by atoms with Crippen molar-refractivity contribution in [2.24, 2.45) is 0 Å². The first kappa shape index (κ1) is 18.8. The fraction of sp³-hybridized carbons (Fsp3) is 0.158. The van der Waals surface area contributed by atoms with Crippen LogP contribution in [-0.2, 0) is 16.4 Å². The number of hydrogen-bond acceptors (Lipinski definition) is 5. The Bertz CT molecular complexity index is 1140. The first-order valence-corrected chi connectivity index (χ1v) is 9.90. The molecular weight excluding hydrogens is 371 g/mol. The van der Waals surface area contributed by atoms with E-state index in [9.17, 15) is 22.7 Å². The quantitative estimate of drug-likeness (QED) is 0.517. The number of benzene rings is 2. The van der Waals surface area contributed by atoms with Gasteiger partial charge in [-0.25, -0.2) is 12.8 Å². The van der Waals surface area contributed by atoms with Gasteiger partial charge in [-0.3, -0.25) is 14.5 Å². The van der Waals surface area contributed by atoms with Crippen molar-refractivity contribution in [3.05, 3.63) is 64.6 Å². The Hall–Kier alpha value is -3.00. The van der Waals surface area contributed by atoms with Crippen molar-refractivity contribution in [1.82, 2.24) is 4.98 Å². The van der Waals surface area contributed by atoms with Crippen molar-refractivity contribution < 1.29 is 22.7 Å². The summed E-state index contributed by atoms with van der Waals surface area (Å²) in [6.07, 6.45) is 3.43. The van der Waals surface area contributed by atoms with Gasteiger partial charge < -0.3 is 5.11 Å². The molecule has 0 unspecified atom stereocenters. The summed E-state index contributed by atoms with van der Waals surface area (Å²) in [6, 6.07) is 7.70. The van der Waals surface area contributed by atoms with E-state index in [4.69, 9.17) is 0 Å². The number of carbonyl (C=O) groups is 1. The summed E-state index contributed by atoms with van der Waals surface area (Å²) in [5, 5.41) is 10.7. The topological polar surface area (TPSA) is 96.4 Å². The van der Waals surface area contributed by atoms with E-state index in [-0.39, 0.29) is 28.3 Å². The normalized spacial score (nSPS) is 11.5. The lowest BCUT2D eigenvalue weighted by Gasteiger charge is -2.16. The summed E-state index contributed by atoms with van der Waals surface area (Å²) in [4.78, 5) is 15.6. The number of nitrogens with zero attached hydrogens (tertiary/aromatic N) is 1. The molecule has 6 nitrogen and oxygen atoms in total. The number of phenolic OH excluding ortho intramolecular Hbond substituents is 1. The molecule has 0 aliphatic carbocycles. The summed E-state index contributed by atoms with van der Waals surface area (Å²) < 4.78 is 39.0. The van der Waals surface area contributed by atoms with Gasteiger partial charge in [-0.1, -0.05) is 12.1 Å². The first-order valence-electron chi connectivity index (χ1n) is 8.01. The highest BCUT2D eigenvalue weighted by Gasteiger charge is 2.19. The summed E-state index contributed by atoms with van der Waals surface area (Å²) in [5.41, 5.74) is 2.19. The molecule has 0 saturated heterocycles. The van der Waals surface area contributed by atoms with Crippen LogP contribution < -0.4 is 4.72 Å². The van der Waals surface area contributed by atoms with Crippen LogP contribution in [0.3, 0.4) is 0 Å². The number of anilines is 1. The lowest BCUT2D eigenvalue weighted by Crippen LogP contribution is -2.12. The Labute approximate surface area is 155 Å². The monoisotopic (exact) mass is 388 g/mol. The molecule has 2 aromatic carbocycles. The first-order chi connectivity index (χ1) is 12.7. The molecule has 0 spiro atoms. The predicted octanol–water partition coefficient (Wildman–Crippen LogP) is 3.16.